The van der Waals surface area contributed by atoms with Crippen molar-refractivity contribution in [3.63, 3.8) is 0 Å². The molecule has 0 rings (SSSR count). The molecule has 1 atom stereocenters. The number of carbonyl (C=O) groups excluding carboxylic acids is 3. The molecule has 0 amide bonds. The molecule has 0 aromatic rings. The van der Waals surface area contributed by atoms with Crippen molar-refractivity contribution < 1.29 is 28.6 Å². The van der Waals surface area contributed by atoms with Gasteiger partial charge in [-0.05, 0) is 122 Å². The van der Waals surface area contributed by atoms with E-state index in [1.165, 1.54) is 161 Å². The normalized spacial score (nSPS) is 12.8. The van der Waals surface area contributed by atoms with E-state index in [0.29, 0.717) is 19.3 Å². The fraction of sp³-hybridized carbons (Fsp3) is 0.720. The van der Waals surface area contributed by atoms with E-state index in [4.69, 9.17) is 14.2 Å². The molecule has 0 N–H and O–H groups in total. The van der Waals surface area contributed by atoms with Crippen LogP contribution in [-0.2, 0) is 28.6 Å². The smallest absolute Gasteiger partial charge is 0.306 e. The third-order valence-corrected chi connectivity index (χ3v) is 14.7. The summed E-state index contributed by atoms with van der Waals surface area (Å²) in [4.78, 5) is 38.3. The lowest BCUT2D eigenvalue weighted by atomic mass is 10.0. The van der Waals surface area contributed by atoms with Crippen molar-refractivity contribution in [2.45, 2.75) is 335 Å². The Kier molecular flexibility index (Phi) is 65.2. The number of hydrogen-bond donors (Lipinski definition) is 0. The lowest BCUT2D eigenvalue weighted by molar-refractivity contribution is -0.167. The summed E-state index contributed by atoms with van der Waals surface area (Å²) in [5.41, 5.74) is 0. The maximum Gasteiger partial charge on any atom is 0.306 e. The Balaban J connectivity index is 4.26. The van der Waals surface area contributed by atoms with Gasteiger partial charge in [-0.2, -0.15) is 0 Å². The highest BCUT2D eigenvalue weighted by Gasteiger charge is 2.19. The molecule has 0 aromatic heterocycles. The van der Waals surface area contributed by atoms with Crippen LogP contribution >= 0.6 is 0 Å². The number of rotatable bonds is 62. The van der Waals surface area contributed by atoms with E-state index in [2.05, 4.69) is 130 Å². The first-order valence-corrected chi connectivity index (χ1v) is 34.4. The van der Waals surface area contributed by atoms with E-state index in [1.807, 2.05) is 0 Å². The van der Waals surface area contributed by atoms with E-state index >= 15 is 0 Å². The Morgan fingerprint density at radius 3 is 0.802 bits per heavy atom. The molecule has 0 fully saturated rings. The summed E-state index contributed by atoms with van der Waals surface area (Å²) in [6.45, 7) is 6.48. The number of hydrogen-bond acceptors (Lipinski definition) is 6. The molecule has 0 bridgehead atoms. The Labute approximate surface area is 501 Å². The van der Waals surface area contributed by atoms with Crippen LogP contribution in [-0.4, -0.2) is 37.2 Å². The molecule has 0 spiro atoms. The van der Waals surface area contributed by atoms with Gasteiger partial charge in [-0.25, -0.2) is 0 Å². The highest BCUT2D eigenvalue weighted by Crippen LogP contribution is 2.17. The summed E-state index contributed by atoms with van der Waals surface area (Å²) < 4.78 is 16.9. The molecular formula is C75H128O6. The maximum absolute atomic E-state index is 12.9. The zero-order valence-corrected chi connectivity index (χ0v) is 53.3. The van der Waals surface area contributed by atoms with Gasteiger partial charge in [0.05, 0.1) is 0 Å². The maximum atomic E-state index is 12.9. The van der Waals surface area contributed by atoms with Crippen LogP contribution in [0, 0.1) is 0 Å². The molecular weight excluding hydrogens is 997 g/mol. The Bertz CT molecular complexity index is 1620. The predicted molar refractivity (Wildman–Crippen MR) is 353 cm³/mol. The van der Waals surface area contributed by atoms with E-state index in [1.54, 1.807) is 0 Å². The highest BCUT2D eigenvalue weighted by molar-refractivity contribution is 5.71. The van der Waals surface area contributed by atoms with Crippen LogP contribution in [0.15, 0.2) is 109 Å². The zero-order chi connectivity index (χ0) is 58.5. The second-order valence-corrected chi connectivity index (χ2v) is 22.7. The first-order valence-electron chi connectivity index (χ1n) is 34.4. The van der Waals surface area contributed by atoms with E-state index in [0.717, 1.165) is 128 Å². The van der Waals surface area contributed by atoms with Crippen LogP contribution in [0.3, 0.4) is 0 Å². The molecule has 0 aliphatic carbocycles. The summed E-state index contributed by atoms with van der Waals surface area (Å²) in [5.74, 6) is -0.916. The first-order chi connectivity index (χ1) is 40.0. The molecule has 6 heteroatoms. The van der Waals surface area contributed by atoms with Crippen molar-refractivity contribution in [3.05, 3.63) is 109 Å². The number of unbranched alkanes of at least 4 members (excludes halogenated alkanes) is 33. The summed E-state index contributed by atoms with van der Waals surface area (Å²) >= 11 is 0. The van der Waals surface area contributed by atoms with Gasteiger partial charge in [0, 0.05) is 19.3 Å². The van der Waals surface area contributed by atoms with Crippen molar-refractivity contribution >= 4 is 17.9 Å². The number of esters is 3. The number of carbonyl (C=O) groups is 3. The van der Waals surface area contributed by atoms with Gasteiger partial charge in [-0.15, -0.1) is 0 Å². The molecule has 0 aromatic carbocycles. The Morgan fingerprint density at radius 1 is 0.259 bits per heavy atom. The molecule has 0 aliphatic heterocycles. The average Bonchev–Trinajstić information content (AvgIpc) is 3.47. The molecule has 464 valence electrons. The largest absolute Gasteiger partial charge is 0.462 e. The minimum absolute atomic E-state index is 0.0903. The van der Waals surface area contributed by atoms with Crippen LogP contribution in [0.2, 0.25) is 0 Å². The van der Waals surface area contributed by atoms with E-state index in [9.17, 15) is 14.4 Å². The summed E-state index contributed by atoms with van der Waals surface area (Å²) in [6, 6.07) is 0. The molecule has 6 nitrogen and oxygen atoms in total. The molecule has 0 saturated carbocycles. The standard InChI is InChI=1S/C75H128O6/c1-4-7-10-13-16-19-22-24-26-28-30-32-34-35-36-37-38-39-41-42-44-46-48-50-53-56-59-62-65-68-74(77)80-71-72(70-79-73(76)67-64-61-58-55-52-21-18-15-12-9-6-3)81-75(78)69-66-63-60-57-54-51-49-47-45-43-40-33-31-29-27-25-23-20-17-14-11-8-5-2/h8,11,15,17-18,20,22,24-25,27-28,30-31,33,43,45,49,51,72H,4-7,9-10,12-14,16,19,21,23,26,29,32,34-42,44,46-48,50,52-71H2,1-3H3/b11-8-,18-15-,20-17-,24-22-,27-25-,30-28-,33-31-,45-43-,51-49-. The number of ether oxygens (including phenoxy) is 3. The third kappa shape index (κ3) is 66.8. The van der Waals surface area contributed by atoms with Gasteiger partial charge < -0.3 is 14.2 Å². The monoisotopic (exact) mass is 1120 g/mol. The Hall–Kier alpha value is -3.93. The van der Waals surface area contributed by atoms with E-state index < -0.39 is 6.10 Å². The SMILES string of the molecule is CC/C=C\C/C=C\C/C=C\C/C=C\C/C=C\C/C=C\CCCCCCC(=O)OC(COC(=O)CCCCCCC/C=C\CCCC)COC(=O)CCCCCCCCCCCCCCCCCCC/C=C\C/C=C\CCCCCCC. The quantitative estimate of drug-likeness (QED) is 0.0261. The van der Waals surface area contributed by atoms with Gasteiger partial charge in [0.15, 0.2) is 6.10 Å². The van der Waals surface area contributed by atoms with E-state index in [-0.39, 0.29) is 31.1 Å². The second kappa shape index (κ2) is 68.6. The lowest BCUT2D eigenvalue weighted by Crippen LogP contribution is -2.30. The average molecular weight is 1130 g/mol. The highest BCUT2D eigenvalue weighted by atomic mass is 16.6. The van der Waals surface area contributed by atoms with Crippen LogP contribution in [0.4, 0.5) is 0 Å². The second-order valence-electron chi connectivity index (χ2n) is 22.7. The minimum Gasteiger partial charge on any atom is -0.462 e. The topological polar surface area (TPSA) is 78.9 Å². The van der Waals surface area contributed by atoms with Crippen molar-refractivity contribution in [2.24, 2.45) is 0 Å². The predicted octanol–water partition coefficient (Wildman–Crippen LogP) is 23.8. The first kappa shape index (κ1) is 77.1. The molecule has 0 aliphatic rings. The van der Waals surface area contributed by atoms with Crippen LogP contribution in [0.1, 0.15) is 329 Å². The van der Waals surface area contributed by atoms with Crippen LogP contribution in [0.5, 0.6) is 0 Å². The van der Waals surface area contributed by atoms with Crippen LogP contribution in [0.25, 0.3) is 0 Å². The summed E-state index contributed by atoms with van der Waals surface area (Å²) in [5, 5.41) is 0. The third-order valence-electron chi connectivity index (χ3n) is 14.7. The van der Waals surface area contributed by atoms with Gasteiger partial charge in [-0.1, -0.05) is 297 Å². The molecule has 0 heterocycles. The van der Waals surface area contributed by atoms with Crippen molar-refractivity contribution in [1.29, 1.82) is 0 Å². The van der Waals surface area contributed by atoms with Gasteiger partial charge in [0.1, 0.15) is 13.2 Å². The van der Waals surface area contributed by atoms with Crippen LogP contribution < -0.4 is 0 Å². The summed E-state index contributed by atoms with van der Waals surface area (Å²) in [7, 11) is 0. The minimum atomic E-state index is -0.797. The fourth-order valence-electron chi connectivity index (χ4n) is 9.58. The van der Waals surface area contributed by atoms with Gasteiger partial charge >= 0.3 is 17.9 Å². The van der Waals surface area contributed by atoms with Crippen molar-refractivity contribution in [3.8, 4) is 0 Å². The molecule has 0 saturated heterocycles. The lowest BCUT2D eigenvalue weighted by Gasteiger charge is -2.18. The Morgan fingerprint density at radius 2 is 0.494 bits per heavy atom. The molecule has 0 radical (unpaired) electrons. The summed E-state index contributed by atoms with van der Waals surface area (Å²) in [6.07, 6.45) is 94.0. The van der Waals surface area contributed by atoms with Crippen molar-refractivity contribution in [2.75, 3.05) is 13.2 Å². The van der Waals surface area contributed by atoms with Crippen molar-refractivity contribution in [1.82, 2.24) is 0 Å². The molecule has 1 unspecified atom stereocenters. The van der Waals surface area contributed by atoms with Gasteiger partial charge in [-0.3, -0.25) is 14.4 Å². The fourth-order valence-corrected chi connectivity index (χ4v) is 9.58. The molecule has 81 heavy (non-hydrogen) atoms. The number of allylic oxidation sites excluding steroid dienone is 18. The van der Waals surface area contributed by atoms with Gasteiger partial charge in [0.2, 0.25) is 0 Å². The zero-order valence-electron chi connectivity index (χ0n) is 53.3. The van der Waals surface area contributed by atoms with Gasteiger partial charge in [0.25, 0.3) is 0 Å².